The summed E-state index contributed by atoms with van der Waals surface area (Å²) in [5.74, 6) is 0.152. The summed E-state index contributed by atoms with van der Waals surface area (Å²) in [7, 11) is 2.87. The largest absolute Gasteiger partial charge is 0.508 e. The Balaban J connectivity index is 2.09. The molecule has 0 fully saturated rings. The molecule has 0 aliphatic carbocycles. The minimum absolute atomic E-state index is 0.0766. The second kappa shape index (κ2) is 5.81. The molecule has 0 aromatic heterocycles. The van der Waals surface area contributed by atoms with Gasteiger partial charge in [-0.2, -0.15) is 0 Å². The Morgan fingerprint density at radius 1 is 1.09 bits per heavy atom. The number of hydrogen-bond acceptors (Lipinski definition) is 6. The summed E-state index contributed by atoms with van der Waals surface area (Å²) in [6.45, 7) is 0. The lowest BCUT2D eigenvalue weighted by Crippen LogP contribution is -2.37. The van der Waals surface area contributed by atoms with Crippen molar-refractivity contribution in [2.45, 2.75) is 12.2 Å². The highest BCUT2D eigenvalue weighted by Crippen LogP contribution is 2.42. The second-order valence-electron chi connectivity index (χ2n) is 5.17. The van der Waals surface area contributed by atoms with Gasteiger partial charge >= 0.3 is 0 Å². The van der Waals surface area contributed by atoms with E-state index in [0.29, 0.717) is 11.3 Å². The summed E-state index contributed by atoms with van der Waals surface area (Å²) < 4.78 is 16.3. The molecule has 2 aromatic carbocycles. The summed E-state index contributed by atoms with van der Waals surface area (Å²) in [5.41, 5.74) is 0.753. The molecule has 23 heavy (non-hydrogen) atoms. The maximum atomic E-state index is 12.7. The molecular weight excluding hydrogens is 300 g/mol. The topological polar surface area (TPSA) is 85.2 Å². The Morgan fingerprint density at radius 2 is 1.78 bits per heavy atom. The molecular formula is C17H16O6. The van der Waals surface area contributed by atoms with Crippen molar-refractivity contribution < 1.29 is 29.2 Å². The lowest BCUT2D eigenvalue weighted by atomic mass is 9.92. The number of carbonyl (C=O) groups is 1. The van der Waals surface area contributed by atoms with Crippen molar-refractivity contribution in [2.24, 2.45) is 0 Å². The maximum Gasteiger partial charge on any atom is 0.203 e. The normalized spacial score (nSPS) is 19.8. The smallest absolute Gasteiger partial charge is 0.203 e. The molecule has 0 radical (unpaired) electrons. The number of ether oxygens (including phenoxy) is 3. The Labute approximate surface area is 132 Å². The third kappa shape index (κ3) is 2.57. The molecule has 3 rings (SSSR count). The van der Waals surface area contributed by atoms with E-state index < -0.39 is 12.2 Å². The first kappa shape index (κ1) is 15.2. The molecule has 1 heterocycles. The van der Waals surface area contributed by atoms with Crippen LogP contribution < -0.4 is 9.47 Å². The Kier molecular flexibility index (Phi) is 3.83. The summed E-state index contributed by atoms with van der Waals surface area (Å²) >= 11 is 0. The molecule has 2 atom stereocenters. The van der Waals surface area contributed by atoms with Gasteiger partial charge in [-0.25, -0.2) is 0 Å². The number of ketones is 1. The lowest BCUT2D eigenvalue weighted by molar-refractivity contribution is -0.00109. The fourth-order valence-corrected chi connectivity index (χ4v) is 2.65. The molecule has 6 heteroatoms. The van der Waals surface area contributed by atoms with Crippen LogP contribution in [0.1, 0.15) is 22.0 Å². The second-order valence-corrected chi connectivity index (χ2v) is 5.17. The fraction of sp³-hybridized carbons (Fsp3) is 0.235. The van der Waals surface area contributed by atoms with E-state index in [4.69, 9.17) is 14.2 Å². The van der Waals surface area contributed by atoms with E-state index in [1.165, 1.54) is 32.4 Å². The van der Waals surface area contributed by atoms with Crippen LogP contribution in [0.25, 0.3) is 0 Å². The van der Waals surface area contributed by atoms with Crippen LogP contribution in [0.3, 0.4) is 0 Å². The maximum absolute atomic E-state index is 12.7. The molecule has 2 N–H and O–H groups in total. The van der Waals surface area contributed by atoms with Gasteiger partial charge < -0.3 is 24.4 Å². The first-order valence-electron chi connectivity index (χ1n) is 6.98. The van der Waals surface area contributed by atoms with Crippen LogP contribution in [0.15, 0.2) is 36.4 Å². The van der Waals surface area contributed by atoms with Crippen molar-refractivity contribution in [3.8, 4) is 23.0 Å². The zero-order valence-corrected chi connectivity index (χ0v) is 12.6. The summed E-state index contributed by atoms with van der Waals surface area (Å²) in [5, 5.41) is 19.5. The Hall–Kier alpha value is -2.73. The zero-order valence-electron chi connectivity index (χ0n) is 12.6. The molecule has 2 aromatic rings. The number of benzene rings is 2. The van der Waals surface area contributed by atoms with Crippen LogP contribution in [0.4, 0.5) is 0 Å². The van der Waals surface area contributed by atoms with Crippen LogP contribution in [0, 0.1) is 0 Å². The van der Waals surface area contributed by atoms with Crippen LogP contribution in [0.5, 0.6) is 23.0 Å². The lowest BCUT2D eigenvalue weighted by Gasteiger charge is -2.32. The van der Waals surface area contributed by atoms with Crippen molar-refractivity contribution in [1.29, 1.82) is 0 Å². The summed E-state index contributed by atoms with van der Waals surface area (Å²) in [6, 6.07) is 9.23. The number of hydrogen-bond donors (Lipinski definition) is 2. The number of phenolic OH excluding ortho intramolecular Hbond substituents is 2. The van der Waals surface area contributed by atoms with E-state index in [-0.39, 0.29) is 28.6 Å². The van der Waals surface area contributed by atoms with Crippen molar-refractivity contribution in [2.75, 3.05) is 14.2 Å². The average molecular weight is 316 g/mol. The number of aromatic hydroxyl groups is 2. The van der Waals surface area contributed by atoms with E-state index in [2.05, 4.69) is 0 Å². The van der Waals surface area contributed by atoms with Crippen molar-refractivity contribution in [1.82, 2.24) is 0 Å². The zero-order chi connectivity index (χ0) is 16.6. The molecule has 0 amide bonds. The summed E-state index contributed by atoms with van der Waals surface area (Å²) in [4.78, 5) is 12.7. The van der Waals surface area contributed by atoms with Crippen molar-refractivity contribution in [3.63, 3.8) is 0 Å². The molecule has 2 unspecified atom stereocenters. The van der Waals surface area contributed by atoms with E-state index in [9.17, 15) is 15.0 Å². The molecule has 0 saturated heterocycles. The minimum Gasteiger partial charge on any atom is -0.508 e. The van der Waals surface area contributed by atoms with Gasteiger partial charge in [0.25, 0.3) is 0 Å². The third-order valence-corrected chi connectivity index (χ3v) is 3.80. The monoisotopic (exact) mass is 316 g/mol. The molecule has 0 spiro atoms. The highest BCUT2D eigenvalue weighted by Gasteiger charge is 2.40. The van der Waals surface area contributed by atoms with E-state index in [1.54, 1.807) is 18.2 Å². The van der Waals surface area contributed by atoms with Gasteiger partial charge in [0, 0.05) is 19.2 Å². The first-order valence-corrected chi connectivity index (χ1v) is 6.98. The number of fused-ring (bicyclic) bond motifs is 1. The van der Waals surface area contributed by atoms with Gasteiger partial charge in [0.15, 0.2) is 12.2 Å². The highest BCUT2D eigenvalue weighted by molar-refractivity contribution is 6.05. The summed E-state index contributed by atoms with van der Waals surface area (Å²) in [6.07, 6.45) is -1.58. The molecule has 0 bridgehead atoms. The van der Waals surface area contributed by atoms with Crippen LogP contribution in [-0.2, 0) is 4.74 Å². The predicted molar refractivity (Wildman–Crippen MR) is 81.3 cm³/mol. The number of methoxy groups -OCH3 is 2. The first-order chi connectivity index (χ1) is 11.0. The molecule has 6 nitrogen and oxygen atoms in total. The minimum atomic E-state index is -0.897. The van der Waals surface area contributed by atoms with Gasteiger partial charge in [-0.1, -0.05) is 12.1 Å². The Bertz CT molecular complexity index is 737. The SMILES string of the molecule is COc1cc(O)c2c(c1)OC(c1ccc(O)cc1)C(OC)C2=O. The standard InChI is InChI=1S/C17H16O6/c1-21-11-7-12(19)14-13(8-11)23-16(17(22-2)15(14)20)9-3-5-10(18)6-4-9/h3-8,16-19H,1-2H3. The molecule has 120 valence electrons. The van der Waals surface area contributed by atoms with Crippen LogP contribution in [-0.4, -0.2) is 36.3 Å². The van der Waals surface area contributed by atoms with Gasteiger partial charge in [0.1, 0.15) is 28.6 Å². The highest BCUT2D eigenvalue weighted by atomic mass is 16.5. The fourth-order valence-electron chi connectivity index (χ4n) is 2.65. The third-order valence-electron chi connectivity index (χ3n) is 3.80. The van der Waals surface area contributed by atoms with Crippen LogP contribution in [0.2, 0.25) is 0 Å². The van der Waals surface area contributed by atoms with E-state index >= 15 is 0 Å². The average Bonchev–Trinajstić information content (AvgIpc) is 2.54. The van der Waals surface area contributed by atoms with E-state index in [1.807, 2.05) is 0 Å². The quantitative estimate of drug-likeness (QED) is 0.904. The number of rotatable bonds is 3. The van der Waals surface area contributed by atoms with Gasteiger partial charge in [0.05, 0.1) is 7.11 Å². The van der Waals surface area contributed by atoms with E-state index in [0.717, 1.165) is 0 Å². The molecule has 1 aliphatic heterocycles. The van der Waals surface area contributed by atoms with Gasteiger partial charge in [0.2, 0.25) is 5.78 Å². The van der Waals surface area contributed by atoms with Crippen molar-refractivity contribution >= 4 is 5.78 Å². The van der Waals surface area contributed by atoms with Crippen LogP contribution >= 0.6 is 0 Å². The number of Topliss-reactive ketones (excluding diaryl/α,β-unsaturated/α-hetero) is 1. The predicted octanol–water partition coefficient (Wildman–Crippen LogP) is 2.44. The number of phenols is 2. The Morgan fingerprint density at radius 3 is 2.39 bits per heavy atom. The number of carbonyl (C=O) groups excluding carboxylic acids is 1. The van der Waals surface area contributed by atoms with Gasteiger partial charge in [-0.3, -0.25) is 4.79 Å². The van der Waals surface area contributed by atoms with Gasteiger partial charge in [-0.05, 0) is 17.7 Å². The van der Waals surface area contributed by atoms with Crippen molar-refractivity contribution in [3.05, 3.63) is 47.5 Å². The molecule has 0 saturated carbocycles. The molecule has 1 aliphatic rings. The van der Waals surface area contributed by atoms with Gasteiger partial charge in [-0.15, -0.1) is 0 Å².